The van der Waals surface area contributed by atoms with E-state index in [4.69, 9.17) is 10.5 Å². The third-order valence-corrected chi connectivity index (χ3v) is 2.98. The van der Waals surface area contributed by atoms with Gasteiger partial charge in [-0.05, 0) is 12.6 Å². The Morgan fingerprint density at radius 3 is 2.80 bits per heavy atom. The van der Waals surface area contributed by atoms with Gasteiger partial charge in [0.05, 0.1) is 18.8 Å². The van der Waals surface area contributed by atoms with Gasteiger partial charge in [-0.3, -0.25) is 4.90 Å². The highest BCUT2D eigenvalue weighted by Gasteiger charge is 2.29. The van der Waals surface area contributed by atoms with Gasteiger partial charge < -0.3 is 10.5 Å². The average molecular weight is 206 g/mol. The molecule has 0 saturated carbocycles. The lowest BCUT2D eigenvalue weighted by Gasteiger charge is -2.38. The highest BCUT2D eigenvalue weighted by atomic mass is 16.5. The summed E-state index contributed by atoms with van der Waals surface area (Å²) < 4.78 is 5.70. The van der Waals surface area contributed by atoms with E-state index < -0.39 is 0 Å². The molecule has 1 aliphatic heterocycles. The predicted octanol–water partition coefficient (Wildman–Crippen LogP) is 1.02. The van der Waals surface area contributed by atoms with E-state index in [0.717, 1.165) is 13.2 Å². The monoisotopic (exact) mass is 206 g/mol. The SMILES string of the molecule is CN1CCOC(CN)C1c1ccccc1. The maximum atomic E-state index is 5.74. The zero-order chi connectivity index (χ0) is 10.7. The van der Waals surface area contributed by atoms with Crippen molar-refractivity contribution in [2.24, 2.45) is 5.73 Å². The number of nitrogens with two attached hydrogens (primary N) is 1. The first-order valence-electron chi connectivity index (χ1n) is 5.40. The Balaban J connectivity index is 2.23. The van der Waals surface area contributed by atoms with Crippen LogP contribution >= 0.6 is 0 Å². The molecule has 2 atom stereocenters. The molecule has 3 heteroatoms. The van der Waals surface area contributed by atoms with E-state index in [9.17, 15) is 0 Å². The molecule has 1 heterocycles. The molecule has 82 valence electrons. The number of ether oxygens (including phenoxy) is 1. The number of benzene rings is 1. The largest absolute Gasteiger partial charge is 0.374 e. The van der Waals surface area contributed by atoms with Crippen molar-refractivity contribution in [3.8, 4) is 0 Å². The molecule has 0 radical (unpaired) electrons. The lowest BCUT2D eigenvalue weighted by Crippen LogP contribution is -2.46. The van der Waals surface area contributed by atoms with Crippen LogP contribution in [0.25, 0.3) is 0 Å². The molecule has 3 nitrogen and oxygen atoms in total. The Labute approximate surface area is 90.8 Å². The molecule has 2 rings (SSSR count). The summed E-state index contributed by atoms with van der Waals surface area (Å²) >= 11 is 0. The summed E-state index contributed by atoms with van der Waals surface area (Å²) in [5.41, 5.74) is 7.03. The normalized spacial score (nSPS) is 27.9. The minimum Gasteiger partial charge on any atom is -0.374 e. The van der Waals surface area contributed by atoms with Crippen molar-refractivity contribution in [2.45, 2.75) is 12.1 Å². The number of hydrogen-bond donors (Lipinski definition) is 1. The zero-order valence-corrected chi connectivity index (χ0v) is 9.10. The smallest absolute Gasteiger partial charge is 0.0894 e. The van der Waals surface area contributed by atoms with Crippen LogP contribution in [0.15, 0.2) is 30.3 Å². The number of rotatable bonds is 2. The van der Waals surface area contributed by atoms with Crippen molar-refractivity contribution >= 4 is 0 Å². The summed E-state index contributed by atoms with van der Waals surface area (Å²) in [6, 6.07) is 10.7. The van der Waals surface area contributed by atoms with E-state index >= 15 is 0 Å². The molecule has 2 N–H and O–H groups in total. The minimum absolute atomic E-state index is 0.117. The minimum atomic E-state index is 0.117. The maximum absolute atomic E-state index is 5.74. The Hall–Kier alpha value is -0.900. The first-order valence-corrected chi connectivity index (χ1v) is 5.40. The summed E-state index contributed by atoms with van der Waals surface area (Å²) in [4.78, 5) is 2.32. The van der Waals surface area contributed by atoms with E-state index in [1.165, 1.54) is 5.56 Å². The second-order valence-electron chi connectivity index (χ2n) is 3.98. The van der Waals surface area contributed by atoms with Gasteiger partial charge in [-0.15, -0.1) is 0 Å². The number of morpholine rings is 1. The topological polar surface area (TPSA) is 38.5 Å². The summed E-state index contributed by atoms with van der Waals surface area (Å²) in [5, 5.41) is 0. The van der Waals surface area contributed by atoms with Crippen LogP contribution in [-0.4, -0.2) is 37.7 Å². The molecule has 1 aliphatic rings. The predicted molar refractivity (Wildman–Crippen MR) is 60.6 cm³/mol. The molecule has 0 spiro atoms. The van der Waals surface area contributed by atoms with Gasteiger partial charge in [0.1, 0.15) is 0 Å². The number of nitrogens with zero attached hydrogens (tertiary/aromatic N) is 1. The molecule has 1 fully saturated rings. The first kappa shape index (κ1) is 10.6. The maximum Gasteiger partial charge on any atom is 0.0894 e. The third-order valence-electron chi connectivity index (χ3n) is 2.98. The average Bonchev–Trinajstić information content (AvgIpc) is 2.29. The van der Waals surface area contributed by atoms with E-state index in [0.29, 0.717) is 12.6 Å². The molecule has 1 aromatic rings. The Kier molecular flexibility index (Phi) is 3.36. The Morgan fingerprint density at radius 1 is 1.40 bits per heavy atom. The molecular formula is C12H18N2O. The van der Waals surface area contributed by atoms with Gasteiger partial charge in [-0.2, -0.15) is 0 Å². The van der Waals surface area contributed by atoms with E-state index in [-0.39, 0.29) is 6.10 Å². The van der Waals surface area contributed by atoms with Crippen molar-refractivity contribution in [3.63, 3.8) is 0 Å². The van der Waals surface area contributed by atoms with Gasteiger partial charge in [-0.25, -0.2) is 0 Å². The van der Waals surface area contributed by atoms with Gasteiger partial charge >= 0.3 is 0 Å². The van der Waals surface area contributed by atoms with Gasteiger partial charge in [0.15, 0.2) is 0 Å². The van der Waals surface area contributed by atoms with Gasteiger partial charge in [0.25, 0.3) is 0 Å². The summed E-state index contributed by atoms with van der Waals surface area (Å²) in [6.07, 6.45) is 0.117. The lowest BCUT2D eigenvalue weighted by molar-refractivity contribution is -0.0576. The van der Waals surface area contributed by atoms with Crippen LogP contribution in [0.1, 0.15) is 11.6 Å². The molecule has 0 amide bonds. The van der Waals surface area contributed by atoms with E-state index in [1.807, 2.05) is 6.07 Å². The Morgan fingerprint density at radius 2 is 2.13 bits per heavy atom. The fraction of sp³-hybridized carbons (Fsp3) is 0.500. The molecule has 0 bridgehead atoms. The molecule has 0 aromatic heterocycles. The van der Waals surface area contributed by atoms with Crippen LogP contribution in [0.5, 0.6) is 0 Å². The molecule has 15 heavy (non-hydrogen) atoms. The molecule has 2 unspecified atom stereocenters. The number of likely N-dealkylation sites (N-methyl/N-ethyl adjacent to an activating group) is 1. The first-order chi connectivity index (χ1) is 7.33. The molecule has 1 saturated heterocycles. The molecule has 1 aromatic carbocycles. The van der Waals surface area contributed by atoms with Crippen molar-refractivity contribution < 1.29 is 4.74 Å². The van der Waals surface area contributed by atoms with Crippen LogP contribution in [0.4, 0.5) is 0 Å². The van der Waals surface area contributed by atoms with Gasteiger partial charge in [0, 0.05) is 13.1 Å². The quantitative estimate of drug-likeness (QED) is 0.785. The highest BCUT2D eigenvalue weighted by molar-refractivity contribution is 5.20. The van der Waals surface area contributed by atoms with Crippen molar-refractivity contribution in [3.05, 3.63) is 35.9 Å². The molecular weight excluding hydrogens is 188 g/mol. The van der Waals surface area contributed by atoms with Gasteiger partial charge in [0.2, 0.25) is 0 Å². The van der Waals surface area contributed by atoms with Crippen LogP contribution in [0, 0.1) is 0 Å². The summed E-state index contributed by atoms with van der Waals surface area (Å²) in [6.45, 7) is 2.32. The lowest BCUT2D eigenvalue weighted by atomic mass is 9.99. The zero-order valence-electron chi connectivity index (χ0n) is 9.10. The van der Waals surface area contributed by atoms with Gasteiger partial charge in [-0.1, -0.05) is 30.3 Å². The summed E-state index contributed by atoms with van der Waals surface area (Å²) in [5.74, 6) is 0. The second kappa shape index (κ2) is 4.75. The van der Waals surface area contributed by atoms with Crippen LogP contribution in [0.2, 0.25) is 0 Å². The second-order valence-corrected chi connectivity index (χ2v) is 3.98. The summed E-state index contributed by atoms with van der Waals surface area (Å²) in [7, 11) is 2.13. The van der Waals surface area contributed by atoms with E-state index in [1.54, 1.807) is 0 Å². The fourth-order valence-electron chi connectivity index (χ4n) is 2.18. The number of hydrogen-bond acceptors (Lipinski definition) is 3. The van der Waals surface area contributed by atoms with Crippen LogP contribution < -0.4 is 5.73 Å². The van der Waals surface area contributed by atoms with Crippen molar-refractivity contribution in [1.29, 1.82) is 0 Å². The van der Waals surface area contributed by atoms with Crippen LogP contribution in [0.3, 0.4) is 0 Å². The van der Waals surface area contributed by atoms with Crippen LogP contribution in [-0.2, 0) is 4.74 Å². The van der Waals surface area contributed by atoms with Crippen molar-refractivity contribution in [1.82, 2.24) is 4.90 Å². The standard InChI is InChI=1S/C12H18N2O/c1-14-7-8-15-11(9-13)12(14)10-5-3-2-4-6-10/h2-6,11-12H,7-9,13H2,1H3. The van der Waals surface area contributed by atoms with E-state index in [2.05, 4.69) is 36.2 Å². The Bertz CT molecular complexity index is 302. The van der Waals surface area contributed by atoms with Crippen molar-refractivity contribution in [2.75, 3.05) is 26.7 Å². The fourth-order valence-corrected chi connectivity index (χ4v) is 2.18. The highest BCUT2D eigenvalue weighted by Crippen LogP contribution is 2.27. The third kappa shape index (κ3) is 2.20. The molecule has 0 aliphatic carbocycles.